The van der Waals surface area contributed by atoms with Crippen LogP contribution < -0.4 is 10.1 Å². The van der Waals surface area contributed by atoms with Crippen LogP contribution in [-0.4, -0.2) is 52.5 Å². The first-order chi connectivity index (χ1) is 20.2. The van der Waals surface area contributed by atoms with Crippen LogP contribution in [0, 0.1) is 5.41 Å². The Bertz CT molecular complexity index is 1380. The third kappa shape index (κ3) is 7.25. The average Bonchev–Trinajstić information content (AvgIpc) is 3.36. The van der Waals surface area contributed by atoms with Crippen molar-refractivity contribution >= 4 is 22.8 Å². The highest BCUT2D eigenvalue weighted by molar-refractivity contribution is 5.77. The number of piperidine rings is 1. The first-order valence-corrected chi connectivity index (χ1v) is 15.0. The van der Waals surface area contributed by atoms with E-state index in [0.29, 0.717) is 56.5 Å². The minimum Gasteiger partial charge on any atom is -0.493 e. The summed E-state index contributed by atoms with van der Waals surface area (Å²) < 4.78 is 48.0. The lowest BCUT2D eigenvalue weighted by Gasteiger charge is -2.42. The maximum absolute atomic E-state index is 13.6. The molecule has 1 fully saturated rings. The maximum Gasteiger partial charge on any atom is 0.449 e. The van der Waals surface area contributed by atoms with E-state index >= 15 is 0 Å². The van der Waals surface area contributed by atoms with Crippen molar-refractivity contribution in [2.75, 3.05) is 26.2 Å². The number of carbonyl (C=O) groups excluding carboxylic acids is 2. The average molecular weight is 585 g/mol. The third-order valence-corrected chi connectivity index (χ3v) is 8.70. The fraction of sp³-hybridized carbons (Fsp3) is 0.531. The van der Waals surface area contributed by atoms with Crippen molar-refractivity contribution in [2.45, 2.75) is 76.9 Å². The lowest BCUT2D eigenvalue weighted by atomic mass is 9.74. The van der Waals surface area contributed by atoms with E-state index < -0.39 is 12.0 Å². The van der Waals surface area contributed by atoms with Crippen LogP contribution in [0.5, 0.6) is 5.75 Å². The number of benzene rings is 2. The van der Waals surface area contributed by atoms with Crippen LogP contribution in [-0.2, 0) is 28.7 Å². The molecule has 3 heterocycles. The van der Waals surface area contributed by atoms with Crippen LogP contribution in [0.25, 0.3) is 11.0 Å². The van der Waals surface area contributed by atoms with E-state index in [0.717, 1.165) is 44.3 Å². The number of aryl methyl sites for hydroxylation is 2. The molecule has 0 unspecified atom stereocenters. The molecule has 0 atom stereocenters. The molecule has 42 heavy (non-hydrogen) atoms. The summed E-state index contributed by atoms with van der Waals surface area (Å²) >= 11 is 0. The van der Waals surface area contributed by atoms with Crippen LogP contribution >= 0.6 is 0 Å². The van der Waals surface area contributed by atoms with E-state index in [-0.39, 0.29) is 30.2 Å². The topological polar surface area (TPSA) is 76.5 Å². The van der Waals surface area contributed by atoms with Crippen LogP contribution in [0.15, 0.2) is 48.5 Å². The molecule has 5 rings (SSSR count). The van der Waals surface area contributed by atoms with Crippen molar-refractivity contribution in [3.63, 3.8) is 0 Å². The number of alkyl halides is 3. The molecular formula is C32H39F3N4O3. The molecule has 1 saturated heterocycles. The first kappa shape index (κ1) is 29.9. The minimum atomic E-state index is -4.57. The van der Waals surface area contributed by atoms with Gasteiger partial charge >= 0.3 is 6.18 Å². The van der Waals surface area contributed by atoms with E-state index in [9.17, 15) is 22.8 Å². The molecule has 0 saturated carbocycles. The van der Waals surface area contributed by atoms with Crippen molar-refractivity contribution < 1.29 is 27.5 Å². The number of rotatable bonds is 4. The zero-order valence-corrected chi connectivity index (χ0v) is 23.9. The fourth-order valence-electron chi connectivity index (χ4n) is 6.27. The summed E-state index contributed by atoms with van der Waals surface area (Å²) in [6.45, 7) is 2.35. The predicted molar refractivity (Wildman–Crippen MR) is 154 cm³/mol. The zero-order chi connectivity index (χ0) is 29.6. The predicted octanol–water partition coefficient (Wildman–Crippen LogP) is 6.15. The van der Waals surface area contributed by atoms with Gasteiger partial charge in [0.05, 0.1) is 17.6 Å². The second kappa shape index (κ2) is 13.2. The van der Waals surface area contributed by atoms with Gasteiger partial charge < -0.3 is 19.5 Å². The number of halogens is 3. The number of nitrogens with one attached hydrogen (secondary N) is 1. The molecular weight excluding hydrogens is 545 g/mol. The Balaban J connectivity index is 1.17. The fourth-order valence-corrected chi connectivity index (χ4v) is 6.27. The normalized spacial score (nSPS) is 18.6. The van der Waals surface area contributed by atoms with E-state index in [4.69, 9.17) is 4.74 Å². The summed E-state index contributed by atoms with van der Waals surface area (Å²) in [5.74, 6) is -0.0493. The summed E-state index contributed by atoms with van der Waals surface area (Å²) in [6.07, 6.45) is 2.48. The molecule has 0 bridgehead atoms. The Kier molecular flexibility index (Phi) is 9.38. The number of fused-ring (bicyclic) bond motifs is 2. The van der Waals surface area contributed by atoms with E-state index in [1.807, 2.05) is 23.1 Å². The minimum absolute atomic E-state index is 0.0204. The number of amides is 2. The smallest absolute Gasteiger partial charge is 0.449 e. The lowest BCUT2D eigenvalue weighted by Crippen LogP contribution is -2.48. The highest BCUT2D eigenvalue weighted by atomic mass is 19.4. The Hall–Kier alpha value is -3.56. The van der Waals surface area contributed by atoms with Gasteiger partial charge in [0.15, 0.2) is 0 Å². The monoisotopic (exact) mass is 584 g/mol. The number of aromatic nitrogens is 2. The Morgan fingerprint density at radius 2 is 1.74 bits per heavy atom. The second-order valence-electron chi connectivity index (χ2n) is 11.6. The summed E-state index contributed by atoms with van der Waals surface area (Å²) in [5, 5.41) is 3.14. The van der Waals surface area contributed by atoms with Crippen LogP contribution in [0.1, 0.15) is 69.2 Å². The van der Waals surface area contributed by atoms with Gasteiger partial charge in [-0.3, -0.25) is 9.59 Å². The molecule has 2 amide bonds. The van der Waals surface area contributed by atoms with Crippen LogP contribution in [0.4, 0.5) is 13.2 Å². The van der Waals surface area contributed by atoms with Gasteiger partial charge in [-0.05, 0) is 74.1 Å². The number of imidazole rings is 1. The third-order valence-electron chi connectivity index (χ3n) is 8.70. The van der Waals surface area contributed by atoms with Crippen molar-refractivity contribution in [3.8, 4) is 5.75 Å². The zero-order valence-electron chi connectivity index (χ0n) is 23.9. The molecule has 2 aliphatic rings. The quantitative estimate of drug-likeness (QED) is 0.400. The summed E-state index contributed by atoms with van der Waals surface area (Å²) in [6, 6.07) is 14.6. The first-order valence-electron chi connectivity index (χ1n) is 15.0. The molecule has 1 spiro atoms. The Labute approximate surface area is 244 Å². The molecule has 7 nitrogen and oxygen atoms in total. The highest BCUT2D eigenvalue weighted by Gasteiger charge is 2.38. The summed E-state index contributed by atoms with van der Waals surface area (Å²) in [7, 11) is 0. The second-order valence-corrected chi connectivity index (χ2v) is 11.6. The highest BCUT2D eigenvalue weighted by Crippen LogP contribution is 2.37. The molecule has 0 radical (unpaired) electrons. The van der Waals surface area contributed by atoms with Gasteiger partial charge in [-0.25, -0.2) is 4.98 Å². The molecule has 0 aliphatic carbocycles. The molecule has 226 valence electrons. The van der Waals surface area contributed by atoms with E-state index in [2.05, 4.69) is 16.4 Å². The Morgan fingerprint density at radius 1 is 0.976 bits per heavy atom. The molecule has 2 aromatic carbocycles. The number of ether oxygens (including phenoxy) is 1. The van der Waals surface area contributed by atoms with Crippen molar-refractivity contribution in [1.82, 2.24) is 19.8 Å². The van der Waals surface area contributed by atoms with Crippen molar-refractivity contribution in [2.24, 2.45) is 5.41 Å². The summed E-state index contributed by atoms with van der Waals surface area (Å²) in [4.78, 5) is 31.3. The van der Waals surface area contributed by atoms with Gasteiger partial charge in [-0.1, -0.05) is 36.8 Å². The SMILES string of the molecule is O=C1CCCOc2ccccc2CCCCC2(CCN(C(=O)CCCn3c(C(F)(F)F)nc4ccccc43)CC2)CN1. The number of likely N-dealkylation sites (tertiary alicyclic amines) is 1. The molecule has 3 aromatic rings. The van der Waals surface area contributed by atoms with Gasteiger partial charge in [-0.15, -0.1) is 0 Å². The number of hydrogen-bond acceptors (Lipinski definition) is 4. The lowest BCUT2D eigenvalue weighted by molar-refractivity contribution is -0.147. The van der Waals surface area contributed by atoms with Crippen molar-refractivity contribution in [3.05, 3.63) is 59.9 Å². The maximum atomic E-state index is 13.6. The molecule has 1 aromatic heterocycles. The standard InChI is InChI=1S/C32H39F3N4O3/c33-32(34,35)30-37-25-11-2-3-12-26(25)39(30)19-7-15-29(41)38-20-17-31(18-21-38)16-6-5-10-24-9-1-4-13-27(24)42-22-8-14-28(40)36-23-31/h1-4,9,11-13H,5-8,10,14-23H2,(H,36,40). The summed E-state index contributed by atoms with van der Waals surface area (Å²) in [5.41, 5.74) is 1.85. The molecule has 2 aliphatic heterocycles. The van der Waals surface area contributed by atoms with Gasteiger partial charge in [-0.2, -0.15) is 13.2 Å². The largest absolute Gasteiger partial charge is 0.493 e. The van der Waals surface area contributed by atoms with Gasteiger partial charge in [0.1, 0.15) is 5.75 Å². The number of carbonyl (C=O) groups is 2. The number of nitrogens with zero attached hydrogens (tertiary/aromatic N) is 3. The van der Waals surface area contributed by atoms with Crippen molar-refractivity contribution in [1.29, 1.82) is 0 Å². The Morgan fingerprint density at radius 3 is 2.55 bits per heavy atom. The van der Waals surface area contributed by atoms with Crippen LogP contribution in [0.3, 0.4) is 0 Å². The number of para-hydroxylation sites is 3. The molecule has 10 heteroatoms. The van der Waals surface area contributed by atoms with Gasteiger partial charge in [0.25, 0.3) is 0 Å². The van der Waals surface area contributed by atoms with Gasteiger partial charge in [0.2, 0.25) is 17.6 Å². The van der Waals surface area contributed by atoms with E-state index in [1.165, 1.54) is 10.1 Å². The van der Waals surface area contributed by atoms with E-state index in [1.54, 1.807) is 24.3 Å². The van der Waals surface area contributed by atoms with Gasteiger partial charge in [0, 0.05) is 39.0 Å². The number of hydrogen-bond donors (Lipinski definition) is 1. The molecule has 1 N–H and O–H groups in total. The van der Waals surface area contributed by atoms with Crippen LogP contribution in [0.2, 0.25) is 0 Å².